The lowest BCUT2D eigenvalue weighted by atomic mass is 9.91. The quantitative estimate of drug-likeness (QED) is 0.636. The van der Waals surface area contributed by atoms with Gasteiger partial charge in [-0.1, -0.05) is 51.8 Å². The molecule has 19 heavy (non-hydrogen) atoms. The Morgan fingerprint density at radius 3 is 2.53 bits per heavy atom. The minimum Gasteiger partial charge on any atom is -0.316 e. The Morgan fingerprint density at radius 1 is 1.16 bits per heavy atom. The topological polar surface area (TPSA) is 12.0 Å². The molecule has 108 valence electrons. The molecular weight excluding hydrogens is 237 g/mol. The number of halogens is 1. The van der Waals surface area contributed by atoms with Crippen LogP contribution in [0.5, 0.6) is 0 Å². The molecule has 0 radical (unpaired) electrons. The van der Waals surface area contributed by atoms with E-state index in [2.05, 4.69) is 26.1 Å². The summed E-state index contributed by atoms with van der Waals surface area (Å²) in [7, 11) is 0. The van der Waals surface area contributed by atoms with Gasteiger partial charge in [0, 0.05) is 6.54 Å². The second kappa shape index (κ2) is 9.08. The van der Waals surface area contributed by atoms with Crippen LogP contribution in [-0.4, -0.2) is 13.1 Å². The van der Waals surface area contributed by atoms with Crippen molar-refractivity contribution in [2.75, 3.05) is 13.1 Å². The van der Waals surface area contributed by atoms with Gasteiger partial charge in [0.05, 0.1) is 0 Å². The molecule has 1 aromatic carbocycles. The Kier molecular flexibility index (Phi) is 7.73. The van der Waals surface area contributed by atoms with Gasteiger partial charge in [-0.2, -0.15) is 0 Å². The van der Waals surface area contributed by atoms with E-state index in [0.29, 0.717) is 5.92 Å². The minimum absolute atomic E-state index is 0.0599. The normalized spacial score (nSPS) is 12.9. The standard InChI is InChI=1S/C17H28FN/c1-4-12-19-13-15(9-7-8-14(2)3)16-10-5-6-11-17(16)18/h5-6,10-11,14-15,19H,4,7-9,12-13H2,1-3H3. The molecule has 1 unspecified atom stereocenters. The number of hydrogen-bond donors (Lipinski definition) is 1. The lowest BCUT2D eigenvalue weighted by Crippen LogP contribution is -2.23. The van der Waals surface area contributed by atoms with Gasteiger partial charge < -0.3 is 5.32 Å². The van der Waals surface area contributed by atoms with Crippen LogP contribution >= 0.6 is 0 Å². The van der Waals surface area contributed by atoms with Crippen molar-refractivity contribution in [1.29, 1.82) is 0 Å². The molecule has 1 rings (SSSR count). The fourth-order valence-corrected chi connectivity index (χ4v) is 2.40. The molecule has 2 heteroatoms. The highest BCUT2D eigenvalue weighted by Gasteiger charge is 2.15. The Hall–Kier alpha value is -0.890. The van der Waals surface area contributed by atoms with Crippen LogP contribution in [-0.2, 0) is 0 Å². The van der Waals surface area contributed by atoms with Crippen molar-refractivity contribution >= 4 is 0 Å². The summed E-state index contributed by atoms with van der Waals surface area (Å²) in [5, 5.41) is 3.43. The first-order chi connectivity index (χ1) is 9.15. The van der Waals surface area contributed by atoms with Gasteiger partial charge in [-0.3, -0.25) is 0 Å². The summed E-state index contributed by atoms with van der Waals surface area (Å²) in [4.78, 5) is 0. The lowest BCUT2D eigenvalue weighted by Gasteiger charge is -2.19. The smallest absolute Gasteiger partial charge is 0.126 e. The van der Waals surface area contributed by atoms with Crippen molar-refractivity contribution < 1.29 is 4.39 Å². The summed E-state index contributed by atoms with van der Waals surface area (Å²) in [6, 6.07) is 7.21. The van der Waals surface area contributed by atoms with E-state index < -0.39 is 0 Å². The maximum Gasteiger partial charge on any atom is 0.126 e. The fourth-order valence-electron chi connectivity index (χ4n) is 2.40. The van der Waals surface area contributed by atoms with E-state index in [1.165, 1.54) is 12.8 Å². The van der Waals surface area contributed by atoms with Crippen molar-refractivity contribution in [1.82, 2.24) is 5.32 Å². The highest BCUT2D eigenvalue weighted by Crippen LogP contribution is 2.25. The Bertz CT molecular complexity index is 349. The van der Waals surface area contributed by atoms with E-state index in [4.69, 9.17) is 0 Å². The summed E-state index contributed by atoms with van der Waals surface area (Å²) in [5.74, 6) is 0.965. The van der Waals surface area contributed by atoms with E-state index >= 15 is 0 Å². The number of rotatable bonds is 9. The SMILES string of the molecule is CCCNCC(CCCC(C)C)c1ccccc1F. The van der Waals surface area contributed by atoms with E-state index in [-0.39, 0.29) is 5.82 Å². The van der Waals surface area contributed by atoms with E-state index in [1.54, 1.807) is 12.1 Å². The third-order valence-corrected chi connectivity index (χ3v) is 3.50. The van der Waals surface area contributed by atoms with Crippen LogP contribution in [0.4, 0.5) is 4.39 Å². The summed E-state index contributed by atoms with van der Waals surface area (Å²) < 4.78 is 13.9. The molecule has 1 nitrogen and oxygen atoms in total. The van der Waals surface area contributed by atoms with Gasteiger partial charge >= 0.3 is 0 Å². The van der Waals surface area contributed by atoms with Crippen LogP contribution in [0.2, 0.25) is 0 Å². The summed E-state index contributed by atoms with van der Waals surface area (Å²) in [6.07, 6.45) is 4.58. The zero-order valence-corrected chi connectivity index (χ0v) is 12.6. The van der Waals surface area contributed by atoms with Crippen LogP contribution in [0.1, 0.15) is 57.9 Å². The van der Waals surface area contributed by atoms with Crippen molar-refractivity contribution in [2.24, 2.45) is 5.92 Å². The first kappa shape index (κ1) is 16.2. The molecule has 1 aromatic rings. The summed E-state index contributed by atoms with van der Waals surface area (Å²) >= 11 is 0. The Morgan fingerprint density at radius 2 is 1.89 bits per heavy atom. The predicted octanol–water partition coefficient (Wildman–Crippen LogP) is 4.74. The van der Waals surface area contributed by atoms with Crippen molar-refractivity contribution in [3.8, 4) is 0 Å². The first-order valence-electron chi connectivity index (χ1n) is 7.60. The molecule has 0 aliphatic carbocycles. The van der Waals surface area contributed by atoms with Crippen LogP contribution in [0.3, 0.4) is 0 Å². The molecule has 0 aliphatic rings. The molecule has 1 atom stereocenters. The predicted molar refractivity (Wildman–Crippen MR) is 81.0 cm³/mol. The van der Waals surface area contributed by atoms with E-state index in [9.17, 15) is 4.39 Å². The average Bonchev–Trinajstić information content (AvgIpc) is 2.37. The largest absolute Gasteiger partial charge is 0.316 e. The molecule has 0 fully saturated rings. The average molecular weight is 265 g/mol. The van der Waals surface area contributed by atoms with E-state index in [0.717, 1.165) is 37.4 Å². The second-order valence-electron chi connectivity index (χ2n) is 5.75. The molecule has 0 saturated carbocycles. The van der Waals surface area contributed by atoms with Gasteiger partial charge in [-0.25, -0.2) is 4.39 Å². The maximum atomic E-state index is 13.9. The van der Waals surface area contributed by atoms with Gasteiger partial charge in [0.25, 0.3) is 0 Å². The highest BCUT2D eigenvalue weighted by molar-refractivity contribution is 5.22. The molecule has 0 saturated heterocycles. The van der Waals surface area contributed by atoms with Crippen molar-refractivity contribution in [3.05, 3.63) is 35.6 Å². The molecule has 0 heterocycles. The fraction of sp³-hybridized carbons (Fsp3) is 0.647. The maximum absolute atomic E-state index is 13.9. The minimum atomic E-state index is -0.0599. The number of hydrogen-bond acceptors (Lipinski definition) is 1. The number of nitrogens with one attached hydrogen (secondary N) is 1. The van der Waals surface area contributed by atoms with Gasteiger partial charge in [0.2, 0.25) is 0 Å². The summed E-state index contributed by atoms with van der Waals surface area (Å²) in [6.45, 7) is 8.53. The monoisotopic (exact) mass is 265 g/mol. The molecule has 0 aliphatic heterocycles. The molecular formula is C17H28FN. The van der Waals surface area contributed by atoms with E-state index in [1.807, 2.05) is 12.1 Å². The number of benzene rings is 1. The Labute approximate surface area is 117 Å². The van der Waals surface area contributed by atoms with Gasteiger partial charge in [-0.15, -0.1) is 0 Å². The van der Waals surface area contributed by atoms with Crippen LogP contribution in [0, 0.1) is 11.7 Å². The lowest BCUT2D eigenvalue weighted by molar-refractivity contribution is 0.467. The zero-order chi connectivity index (χ0) is 14.1. The highest BCUT2D eigenvalue weighted by atomic mass is 19.1. The van der Waals surface area contributed by atoms with Crippen molar-refractivity contribution in [2.45, 2.75) is 52.4 Å². The second-order valence-corrected chi connectivity index (χ2v) is 5.75. The first-order valence-corrected chi connectivity index (χ1v) is 7.60. The molecule has 0 bridgehead atoms. The molecule has 0 spiro atoms. The zero-order valence-electron chi connectivity index (χ0n) is 12.6. The summed E-state index contributed by atoms with van der Waals surface area (Å²) in [5.41, 5.74) is 0.870. The van der Waals surface area contributed by atoms with Gasteiger partial charge in [0.1, 0.15) is 5.82 Å². The van der Waals surface area contributed by atoms with Crippen molar-refractivity contribution in [3.63, 3.8) is 0 Å². The molecule has 0 aromatic heterocycles. The molecule has 1 N–H and O–H groups in total. The van der Waals surface area contributed by atoms with Crippen LogP contribution < -0.4 is 5.32 Å². The third-order valence-electron chi connectivity index (χ3n) is 3.50. The van der Waals surface area contributed by atoms with Crippen LogP contribution in [0.15, 0.2) is 24.3 Å². The van der Waals surface area contributed by atoms with Crippen LogP contribution in [0.25, 0.3) is 0 Å². The van der Waals surface area contributed by atoms with Gasteiger partial charge in [-0.05, 0) is 42.9 Å². The Balaban J connectivity index is 2.60. The molecule has 0 amide bonds. The third kappa shape index (κ3) is 6.20. The van der Waals surface area contributed by atoms with Gasteiger partial charge in [0.15, 0.2) is 0 Å².